The Kier molecular flexibility index (Phi) is 13.7. The zero-order valence-electron chi connectivity index (χ0n) is 40.1. The minimum Gasteiger partial charge on any atom is -0.464 e. The first-order valence-corrected chi connectivity index (χ1v) is 24.5. The summed E-state index contributed by atoms with van der Waals surface area (Å²) in [6, 6.07) is 7.32. The molecule has 0 saturated carbocycles. The van der Waals surface area contributed by atoms with Crippen LogP contribution in [0.2, 0.25) is 0 Å². The van der Waals surface area contributed by atoms with Gasteiger partial charge in [0.25, 0.3) is 5.91 Å². The lowest BCUT2D eigenvalue weighted by Crippen LogP contribution is -2.68. The van der Waals surface area contributed by atoms with Crippen molar-refractivity contribution >= 4 is 52.0 Å². The summed E-state index contributed by atoms with van der Waals surface area (Å²) in [6.45, 7) is 18.3. The van der Waals surface area contributed by atoms with Crippen LogP contribution in [0, 0.1) is 11.3 Å². The van der Waals surface area contributed by atoms with Gasteiger partial charge in [0.15, 0.2) is 0 Å². The smallest absolute Gasteiger partial charge is 0.324 e. The summed E-state index contributed by atoms with van der Waals surface area (Å²) < 4.78 is 14.3. The molecule has 1 spiro atoms. The van der Waals surface area contributed by atoms with E-state index in [1.165, 1.54) is 27.3 Å². The van der Waals surface area contributed by atoms with E-state index in [0.717, 1.165) is 51.1 Å². The van der Waals surface area contributed by atoms with E-state index in [9.17, 15) is 24.0 Å². The first-order valence-electron chi connectivity index (χ1n) is 23.6. The molecule has 16 nitrogen and oxygen atoms in total. The van der Waals surface area contributed by atoms with Crippen molar-refractivity contribution in [2.45, 2.75) is 116 Å². The third-order valence-corrected chi connectivity index (χ3v) is 15.1. The minimum atomic E-state index is -1.08. The Morgan fingerprint density at radius 2 is 1.91 bits per heavy atom. The summed E-state index contributed by atoms with van der Waals surface area (Å²) in [5.74, 6) is -1.84. The van der Waals surface area contributed by atoms with Crippen LogP contribution < -0.4 is 10.7 Å². The lowest BCUT2D eigenvalue weighted by atomic mass is 9.84. The van der Waals surface area contributed by atoms with E-state index in [2.05, 4.69) is 66.9 Å². The van der Waals surface area contributed by atoms with Gasteiger partial charge in [0.05, 0.1) is 40.3 Å². The van der Waals surface area contributed by atoms with E-state index in [1.54, 1.807) is 30.2 Å². The van der Waals surface area contributed by atoms with Gasteiger partial charge in [-0.2, -0.15) is 0 Å². The van der Waals surface area contributed by atoms with Gasteiger partial charge >= 0.3 is 12.0 Å². The second-order valence-electron chi connectivity index (χ2n) is 19.7. The van der Waals surface area contributed by atoms with Gasteiger partial charge in [-0.1, -0.05) is 40.3 Å². The van der Waals surface area contributed by atoms with Crippen molar-refractivity contribution in [2.75, 3.05) is 46.9 Å². The number of esters is 1. The fourth-order valence-corrected chi connectivity index (χ4v) is 11.3. The number of amides is 5. The van der Waals surface area contributed by atoms with E-state index in [1.807, 2.05) is 32.2 Å². The van der Waals surface area contributed by atoms with Crippen molar-refractivity contribution in [3.05, 3.63) is 70.8 Å². The van der Waals surface area contributed by atoms with Gasteiger partial charge < -0.3 is 34.1 Å². The number of methoxy groups -OCH3 is 1. The molecule has 67 heavy (non-hydrogen) atoms. The Bertz CT molecular complexity index is 2570. The quantitative estimate of drug-likeness (QED) is 0.147. The number of urea groups is 1. The van der Waals surface area contributed by atoms with Crippen LogP contribution in [-0.4, -0.2) is 135 Å². The van der Waals surface area contributed by atoms with Crippen LogP contribution >= 0.6 is 11.3 Å². The number of carbonyl (C=O) groups is 5. The van der Waals surface area contributed by atoms with Crippen LogP contribution in [-0.2, 0) is 48.0 Å². The molecule has 5 atom stereocenters. The van der Waals surface area contributed by atoms with Crippen LogP contribution in [0.1, 0.15) is 89.6 Å². The van der Waals surface area contributed by atoms with E-state index in [4.69, 9.17) is 19.4 Å². The predicted octanol–water partition coefficient (Wildman–Crippen LogP) is 6.14. The molecule has 0 unspecified atom stereocenters. The predicted molar refractivity (Wildman–Crippen MR) is 257 cm³/mol. The van der Waals surface area contributed by atoms with Crippen molar-refractivity contribution in [2.24, 2.45) is 11.3 Å². The lowest BCUT2D eigenvalue weighted by Gasteiger charge is -2.52. The van der Waals surface area contributed by atoms with Crippen molar-refractivity contribution < 1.29 is 33.4 Å². The van der Waals surface area contributed by atoms with E-state index in [-0.39, 0.29) is 37.0 Å². The summed E-state index contributed by atoms with van der Waals surface area (Å²) in [6.07, 6.45) is 5.89. The Labute approximate surface area is 397 Å². The molecule has 17 heteroatoms. The summed E-state index contributed by atoms with van der Waals surface area (Å²) in [5, 5.41) is 8.14. The number of hydrogen-bond donors (Lipinski definition) is 2. The van der Waals surface area contributed by atoms with Crippen LogP contribution in [0.4, 0.5) is 4.79 Å². The highest BCUT2D eigenvalue weighted by Gasteiger charge is 2.53. The maximum absolute atomic E-state index is 14.7. The third-order valence-electron chi connectivity index (χ3n) is 14.2. The van der Waals surface area contributed by atoms with Crippen molar-refractivity contribution in [1.29, 1.82) is 0 Å². The number of hydrazine groups is 1. The minimum absolute atomic E-state index is 0.0763. The standard InChI is InChI=1S/C50H65N9O7S/c1-10-41(60)56-22-18-50(28-56)19-23-58(50)48(64)55(8)43(30(3)4)45(61)53-37-25-40-52-38(27-67-40)32-16-17-39-34(24-32)35(44(57(39)11-2)33-14-12-20-51-42(33)31(5)65-9)26-49(6,7)29-66-47(63)36-15-13-21-59(54-36)46(37)62/h10,12,14,16-17,20,24,27,30-31,36-37,43,54H,1,11,13,15,18-19,21-23,25-26,28-29H2,2-9H3,(H,53,61)/t31-,36-,37-,43-,50-/m0/s1. The molecule has 5 amide bonds. The third kappa shape index (κ3) is 9.21. The number of likely N-dealkylation sites (tertiary alicyclic amines) is 2. The summed E-state index contributed by atoms with van der Waals surface area (Å²) in [4.78, 5) is 84.8. The molecule has 6 bridgehead atoms. The molecule has 3 fully saturated rings. The van der Waals surface area contributed by atoms with Gasteiger partial charge in [0.1, 0.15) is 18.1 Å². The number of thiazole rings is 1. The van der Waals surface area contributed by atoms with Gasteiger partial charge in [-0.25, -0.2) is 15.2 Å². The molecule has 0 aliphatic carbocycles. The molecule has 7 heterocycles. The average molecular weight is 936 g/mol. The van der Waals surface area contributed by atoms with E-state index in [0.29, 0.717) is 63.4 Å². The number of likely N-dealkylation sites (N-methyl/N-ethyl adjacent to an activating group) is 1. The number of rotatable bonds is 9. The molecule has 0 radical (unpaired) electrons. The van der Waals surface area contributed by atoms with Crippen LogP contribution in [0.25, 0.3) is 33.4 Å². The highest BCUT2D eigenvalue weighted by atomic mass is 32.1. The highest BCUT2D eigenvalue weighted by molar-refractivity contribution is 7.10. The van der Waals surface area contributed by atoms with Gasteiger partial charge in [-0.05, 0) is 87.8 Å². The average Bonchev–Trinajstić information content (AvgIpc) is 4.06. The molecule has 4 aromatic rings. The molecule has 1 aromatic carbocycles. The van der Waals surface area contributed by atoms with Crippen molar-refractivity contribution in [3.63, 3.8) is 0 Å². The van der Waals surface area contributed by atoms with Gasteiger partial charge in [0, 0.05) is 92.3 Å². The second kappa shape index (κ2) is 19.2. The molecule has 3 aromatic heterocycles. The van der Waals surface area contributed by atoms with Crippen LogP contribution in [0.15, 0.2) is 54.6 Å². The number of aryl methyl sites for hydroxylation is 1. The monoisotopic (exact) mass is 935 g/mol. The largest absolute Gasteiger partial charge is 0.464 e. The number of carbonyl (C=O) groups excluding carboxylic acids is 5. The number of benzene rings is 1. The van der Waals surface area contributed by atoms with Crippen molar-refractivity contribution in [3.8, 4) is 22.5 Å². The van der Waals surface area contributed by atoms with E-state index < -0.39 is 46.9 Å². The molecule has 3 saturated heterocycles. The van der Waals surface area contributed by atoms with E-state index >= 15 is 0 Å². The molecular weight excluding hydrogens is 871 g/mol. The lowest BCUT2D eigenvalue weighted by molar-refractivity contribution is -0.155. The number of hydrogen-bond acceptors (Lipinski definition) is 11. The number of nitrogens with zero attached hydrogens (tertiary/aromatic N) is 7. The summed E-state index contributed by atoms with van der Waals surface area (Å²) in [7, 11) is 3.31. The SMILES string of the molecule is C=CC(=O)N1CC[C@]2(CCN2C(=O)N(C)[C@H](C(=O)N[C@H]2Cc3nc(cs3)-c3ccc4c(c3)c(c(-c3cccnc3[C@H](C)OC)n4CC)CC(C)(C)COC(=O)[C@@H]3CCCN(N3)C2=O)C(C)C)C1. The fraction of sp³-hybridized carbons (Fsp3) is 0.540. The van der Waals surface area contributed by atoms with Crippen molar-refractivity contribution in [1.82, 2.24) is 45.0 Å². The second-order valence-corrected chi connectivity index (χ2v) is 20.6. The fourth-order valence-electron chi connectivity index (χ4n) is 10.5. The number of ether oxygens (including phenoxy) is 2. The zero-order valence-corrected chi connectivity index (χ0v) is 40.9. The first kappa shape index (κ1) is 47.8. The summed E-state index contributed by atoms with van der Waals surface area (Å²) in [5.41, 5.74) is 8.79. The van der Waals surface area contributed by atoms with Crippen LogP contribution in [0.3, 0.4) is 0 Å². The maximum atomic E-state index is 14.7. The van der Waals surface area contributed by atoms with Gasteiger partial charge in [-0.3, -0.25) is 29.2 Å². The molecule has 2 N–H and O–H groups in total. The Morgan fingerprint density at radius 1 is 1.13 bits per heavy atom. The van der Waals surface area contributed by atoms with Gasteiger partial charge in [-0.15, -0.1) is 11.3 Å². The summed E-state index contributed by atoms with van der Waals surface area (Å²) >= 11 is 1.41. The molecule has 4 aliphatic heterocycles. The highest BCUT2D eigenvalue weighted by Crippen LogP contribution is 2.43. The number of aromatic nitrogens is 3. The number of nitrogens with one attached hydrogen (secondary N) is 2. The van der Waals surface area contributed by atoms with Crippen LogP contribution in [0.5, 0.6) is 0 Å². The Hall–Kier alpha value is -5.65. The molecule has 8 rings (SSSR count). The maximum Gasteiger partial charge on any atom is 0.324 e. The topological polar surface area (TPSA) is 172 Å². The Morgan fingerprint density at radius 3 is 2.61 bits per heavy atom. The number of cyclic esters (lactones) is 1. The Balaban J connectivity index is 1.14. The molecule has 358 valence electrons. The first-order chi connectivity index (χ1) is 32.0. The molecule has 4 aliphatic rings. The number of pyridine rings is 1. The molecular formula is C50H65N9O7S. The van der Waals surface area contributed by atoms with Gasteiger partial charge in [0.2, 0.25) is 11.8 Å². The normalized spacial score (nSPS) is 22.9. The zero-order chi connectivity index (χ0) is 47.9. The number of fused-ring (bicyclic) bond motifs is 6.